The molecule has 1 N–H and O–H groups in total. The van der Waals surface area contributed by atoms with Crippen LogP contribution in [0.25, 0.3) is 10.9 Å². The third-order valence-corrected chi connectivity index (χ3v) is 5.50. The first-order chi connectivity index (χ1) is 14.5. The Kier molecular flexibility index (Phi) is 5.37. The van der Waals surface area contributed by atoms with Crippen LogP contribution in [0.4, 0.5) is 4.79 Å². The molecular weight excluding hydrogens is 378 g/mol. The molecule has 0 fully saturated rings. The summed E-state index contributed by atoms with van der Waals surface area (Å²) < 4.78 is 13.0. The maximum absolute atomic E-state index is 12.1. The zero-order valence-electron chi connectivity index (χ0n) is 17.4. The Morgan fingerprint density at radius 3 is 2.77 bits per heavy atom. The van der Waals surface area contributed by atoms with Gasteiger partial charge in [0.15, 0.2) is 0 Å². The number of hydrogen-bond acceptors (Lipinski definition) is 4. The first-order valence-corrected chi connectivity index (χ1v) is 10.1. The molecule has 0 saturated heterocycles. The van der Waals surface area contributed by atoms with Crippen molar-refractivity contribution in [3.8, 4) is 11.8 Å². The number of fused-ring (bicyclic) bond motifs is 3. The molecule has 1 aliphatic rings. The van der Waals surface area contributed by atoms with Crippen LogP contribution < -0.4 is 10.1 Å². The third-order valence-electron chi connectivity index (χ3n) is 5.50. The molecule has 0 spiro atoms. The van der Waals surface area contributed by atoms with Gasteiger partial charge >= 0.3 is 6.09 Å². The predicted molar refractivity (Wildman–Crippen MR) is 115 cm³/mol. The molecule has 30 heavy (non-hydrogen) atoms. The lowest BCUT2D eigenvalue weighted by Gasteiger charge is -2.17. The first kappa shape index (κ1) is 19.8. The van der Waals surface area contributed by atoms with Gasteiger partial charge in [0.05, 0.1) is 30.8 Å². The van der Waals surface area contributed by atoms with Gasteiger partial charge in [-0.2, -0.15) is 5.26 Å². The van der Waals surface area contributed by atoms with Crippen molar-refractivity contribution in [3.63, 3.8) is 0 Å². The van der Waals surface area contributed by atoms with Crippen molar-refractivity contribution >= 4 is 17.0 Å². The Morgan fingerprint density at radius 1 is 1.23 bits per heavy atom. The number of nitrogens with zero attached hydrogens (tertiary/aromatic N) is 2. The van der Waals surface area contributed by atoms with Gasteiger partial charge in [0.25, 0.3) is 0 Å². The fourth-order valence-corrected chi connectivity index (χ4v) is 4.33. The molecule has 0 aliphatic heterocycles. The fourth-order valence-electron chi connectivity index (χ4n) is 4.33. The van der Waals surface area contributed by atoms with E-state index in [4.69, 9.17) is 9.47 Å². The van der Waals surface area contributed by atoms with Gasteiger partial charge in [-0.25, -0.2) is 4.79 Å². The van der Waals surface area contributed by atoms with Gasteiger partial charge in [0.1, 0.15) is 11.8 Å². The minimum Gasteiger partial charge on any atom is -0.496 e. The van der Waals surface area contributed by atoms with E-state index in [9.17, 15) is 10.1 Å². The molecule has 1 aliphatic carbocycles. The quantitative estimate of drug-likeness (QED) is 0.694. The molecule has 3 aromatic rings. The Bertz CT molecular complexity index is 1140. The molecule has 1 heterocycles. The second-order valence-electron chi connectivity index (χ2n) is 7.84. The van der Waals surface area contributed by atoms with Crippen LogP contribution in [0.2, 0.25) is 0 Å². The third kappa shape index (κ3) is 3.59. The highest BCUT2D eigenvalue weighted by molar-refractivity contribution is 5.91. The summed E-state index contributed by atoms with van der Waals surface area (Å²) in [6.07, 6.45) is 0.856. The van der Waals surface area contributed by atoms with Crippen LogP contribution in [0.15, 0.2) is 42.5 Å². The lowest BCUT2D eigenvalue weighted by molar-refractivity contribution is 0.112. The number of aromatic nitrogens is 1. The van der Waals surface area contributed by atoms with Crippen LogP contribution in [0.5, 0.6) is 5.75 Å². The molecule has 6 heteroatoms. The summed E-state index contributed by atoms with van der Waals surface area (Å²) in [5, 5.41) is 13.8. The molecule has 1 aromatic heterocycles. The van der Waals surface area contributed by atoms with Crippen LogP contribution in [-0.2, 0) is 24.1 Å². The number of nitriles is 1. The van der Waals surface area contributed by atoms with Gasteiger partial charge in [0, 0.05) is 29.1 Å². The zero-order valence-corrected chi connectivity index (χ0v) is 17.4. The Labute approximate surface area is 176 Å². The van der Waals surface area contributed by atoms with Crippen LogP contribution in [0.3, 0.4) is 0 Å². The van der Waals surface area contributed by atoms with Crippen LogP contribution in [-0.4, -0.2) is 29.9 Å². The number of para-hydroxylation sites is 2. The number of hydrogen-bond donors (Lipinski definition) is 1. The number of rotatable bonds is 5. The molecule has 2 aromatic carbocycles. The van der Waals surface area contributed by atoms with Crippen molar-refractivity contribution in [2.75, 3.05) is 7.11 Å². The molecule has 154 valence electrons. The highest BCUT2D eigenvalue weighted by Gasteiger charge is 2.31. The number of methoxy groups -OCH3 is 1. The molecule has 0 saturated carbocycles. The van der Waals surface area contributed by atoms with Gasteiger partial charge in [-0.15, -0.1) is 0 Å². The summed E-state index contributed by atoms with van der Waals surface area (Å²) in [4.78, 5) is 12.1. The van der Waals surface area contributed by atoms with Gasteiger partial charge in [0.2, 0.25) is 0 Å². The molecular formula is C24H25N3O3. The standard InChI is InChI=1S/C24H25N3O3/c1-15(2)30-24(28)26-18-11-20-19-9-6-8-16(13-25)23(19)27(21(20)12-18)14-17-7-4-5-10-22(17)29-3/h4-10,15,18H,11-12,14H2,1-3H3,(H,26,28). The van der Waals surface area contributed by atoms with Crippen molar-refractivity contribution in [2.24, 2.45) is 0 Å². The number of nitrogens with one attached hydrogen (secondary N) is 1. The molecule has 1 atom stereocenters. The van der Waals surface area contributed by atoms with Crippen LogP contribution in [0, 0.1) is 11.3 Å². The van der Waals surface area contributed by atoms with Crippen LogP contribution >= 0.6 is 0 Å². The van der Waals surface area contributed by atoms with E-state index in [0.717, 1.165) is 27.9 Å². The topological polar surface area (TPSA) is 76.3 Å². The molecule has 4 rings (SSSR count). The maximum atomic E-state index is 12.1. The summed E-state index contributed by atoms with van der Waals surface area (Å²) in [5.41, 5.74) is 4.98. The summed E-state index contributed by atoms with van der Waals surface area (Å²) in [5.74, 6) is 0.815. The molecule has 6 nitrogen and oxygen atoms in total. The van der Waals surface area contributed by atoms with E-state index in [2.05, 4.69) is 22.0 Å². The highest BCUT2D eigenvalue weighted by atomic mass is 16.6. The molecule has 0 bridgehead atoms. The minimum absolute atomic E-state index is 0.0275. The number of ether oxygens (including phenoxy) is 2. The van der Waals surface area contributed by atoms with Gasteiger partial charge in [-0.05, 0) is 38.0 Å². The average molecular weight is 403 g/mol. The fraction of sp³-hybridized carbons (Fsp3) is 0.333. The second kappa shape index (κ2) is 8.11. The first-order valence-electron chi connectivity index (χ1n) is 10.1. The van der Waals surface area contributed by atoms with E-state index in [1.54, 1.807) is 7.11 Å². The SMILES string of the molecule is COc1ccccc1Cn1c2c(c3cccc(C#N)c31)CC(NC(=O)OC(C)C)C2. The van der Waals surface area contributed by atoms with Gasteiger partial charge in [-0.3, -0.25) is 0 Å². The van der Waals surface area contributed by atoms with Gasteiger partial charge in [-0.1, -0.05) is 30.3 Å². The predicted octanol–water partition coefficient (Wildman–Crippen LogP) is 4.17. The van der Waals surface area contributed by atoms with E-state index in [1.807, 2.05) is 50.2 Å². The van der Waals surface area contributed by atoms with E-state index in [-0.39, 0.29) is 12.1 Å². The maximum Gasteiger partial charge on any atom is 0.407 e. The van der Waals surface area contributed by atoms with E-state index in [1.165, 1.54) is 5.56 Å². The monoisotopic (exact) mass is 403 g/mol. The minimum atomic E-state index is -0.390. The summed E-state index contributed by atoms with van der Waals surface area (Å²) in [6, 6.07) is 16.1. The normalized spacial score (nSPS) is 15.1. The van der Waals surface area contributed by atoms with Crippen molar-refractivity contribution < 1.29 is 14.3 Å². The van der Waals surface area contributed by atoms with E-state index >= 15 is 0 Å². The van der Waals surface area contributed by atoms with E-state index in [0.29, 0.717) is 24.9 Å². The summed E-state index contributed by atoms with van der Waals surface area (Å²) in [7, 11) is 1.66. The smallest absolute Gasteiger partial charge is 0.407 e. The molecule has 1 amide bonds. The van der Waals surface area contributed by atoms with Crippen LogP contribution in [0.1, 0.15) is 36.2 Å². The highest BCUT2D eigenvalue weighted by Crippen LogP contribution is 2.36. The van der Waals surface area contributed by atoms with Crippen molar-refractivity contribution in [1.82, 2.24) is 9.88 Å². The summed E-state index contributed by atoms with van der Waals surface area (Å²) in [6.45, 7) is 4.26. The molecule has 0 radical (unpaired) electrons. The Morgan fingerprint density at radius 2 is 2.03 bits per heavy atom. The number of benzene rings is 2. The van der Waals surface area contributed by atoms with Crippen molar-refractivity contribution in [2.45, 2.75) is 45.4 Å². The number of carbonyl (C=O) groups excluding carboxylic acids is 1. The Hall–Kier alpha value is -3.46. The average Bonchev–Trinajstić information content (AvgIpc) is 3.25. The van der Waals surface area contributed by atoms with Crippen molar-refractivity contribution in [3.05, 3.63) is 64.8 Å². The lowest BCUT2D eigenvalue weighted by atomic mass is 10.1. The largest absolute Gasteiger partial charge is 0.496 e. The summed E-state index contributed by atoms with van der Waals surface area (Å²) >= 11 is 0. The number of amides is 1. The Balaban J connectivity index is 1.75. The van der Waals surface area contributed by atoms with Gasteiger partial charge < -0.3 is 19.4 Å². The second-order valence-corrected chi connectivity index (χ2v) is 7.84. The number of carbonyl (C=O) groups is 1. The molecule has 1 unspecified atom stereocenters. The lowest BCUT2D eigenvalue weighted by Crippen LogP contribution is -2.37. The van der Waals surface area contributed by atoms with Crippen molar-refractivity contribution in [1.29, 1.82) is 5.26 Å². The van der Waals surface area contributed by atoms with E-state index < -0.39 is 6.09 Å². The zero-order chi connectivity index (χ0) is 21.3. The number of alkyl carbamates (subject to hydrolysis) is 1.